The Morgan fingerprint density at radius 2 is 2.07 bits per heavy atom. The summed E-state index contributed by atoms with van der Waals surface area (Å²) in [5.74, 6) is 0.0572. The van der Waals surface area contributed by atoms with Crippen LogP contribution in [0.25, 0.3) is 0 Å². The number of nitrogens with zero attached hydrogens (tertiary/aromatic N) is 3. The number of benzene rings is 1. The van der Waals surface area contributed by atoms with Crippen molar-refractivity contribution < 1.29 is 14.0 Å². The van der Waals surface area contributed by atoms with Gasteiger partial charge in [0.2, 0.25) is 0 Å². The monoisotopic (exact) mass is 395 g/mol. The summed E-state index contributed by atoms with van der Waals surface area (Å²) in [5.41, 5.74) is 2.59. The van der Waals surface area contributed by atoms with Crippen molar-refractivity contribution in [1.29, 1.82) is 0 Å². The van der Waals surface area contributed by atoms with Crippen LogP contribution in [-0.4, -0.2) is 34.2 Å². The Morgan fingerprint density at radius 3 is 2.82 bits per heavy atom. The lowest BCUT2D eigenvalue weighted by molar-refractivity contribution is 0.0387. The molecular formula is C21H18ClN3O3. The lowest BCUT2D eigenvalue weighted by Gasteiger charge is -2.24. The van der Waals surface area contributed by atoms with Crippen molar-refractivity contribution in [3.05, 3.63) is 89.1 Å². The van der Waals surface area contributed by atoms with Gasteiger partial charge in [-0.05, 0) is 35.9 Å². The molecule has 1 aliphatic rings. The highest BCUT2D eigenvalue weighted by molar-refractivity contribution is 6.31. The fourth-order valence-electron chi connectivity index (χ4n) is 3.08. The van der Waals surface area contributed by atoms with Crippen LogP contribution in [0.5, 0.6) is 0 Å². The highest BCUT2D eigenvalue weighted by Crippen LogP contribution is 2.22. The summed E-state index contributed by atoms with van der Waals surface area (Å²) in [6.45, 7) is 0.708. The van der Waals surface area contributed by atoms with Crippen molar-refractivity contribution in [1.82, 2.24) is 9.88 Å². The summed E-state index contributed by atoms with van der Waals surface area (Å²) in [5, 5.41) is 4.79. The van der Waals surface area contributed by atoms with Crippen LogP contribution in [0, 0.1) is 0 Å². The Hall–Kier alpha value is -3.12. The maximum Gasteiger partial charge on any atom is 0.289 e. The van der Waals surface area contributed by atoms with E-state index in [9.17, 15) is 4.79 Å². The number of furan rings is 1. The minimum Gasteiger partial charge on any atom is -0.459 e. The number of halogens is 1. The van der Waals surface area contributed by atoms with Crippen LogP contribution in [0.1, 0.15) is 28.1 Å². The average Bonchev–Trinajstić information content (AvgIpc) is 3.41. The largest absolute Gasteiger partial charge is 0.459 e. The molecule has 1 amide bonds. The van der Waals surface area contributed by atoms with Crippen molar-refractivity contribution in [3.8, 4) is 0 Å². The Labute approximate surface area is 167 Å². The molecule has 0 saturated carbocycles. The Morgan fingerprint density at radius 1 is 1.18 bits per heavy atom. The first-order valence-electron chi connectivity index (χ1n) is 8.90. The molecule has 1 atom stereocenters. The highest BCUT2D eigenvalue weighted by atomic mass is 35.5. The van der Waals surface area contributed by atoms with Crippen LogP contribution in [0.15, 0.2) is 76.8 Å². The van der Waals surface area contributed by atoms with Crippen molar-refractivity contribution in [2.75, 3.05) is 6.54 Å². The third-order valence-corrected chi connectivity index (χ3v) is 4.86. The van der Waals surface area contributed by atoms with Gasteiger partial charge in [0, 0.05) is 35.9 Å². The molecule has 3 aromatic rings. The standard InChI is InChI=1S/C21H18ClN3O3/c22-18-7-2-1-5-16(18)13-25(21(26)20-8-4-10-27-20)14-17-11-19(24-28-17)15-6-3-9-23-12-15/h1-10,12,17H,11,13-14H2. The third-order valence-electron chi connectivity index (χ3n) is 4.49. The second kappa shape index (κ2) is 8.27. The number of carbonyl (C=O) groups is 1. The zero-order chi connectivity index (χ0) is 19.3. The van der Waals surface area contributed by atoms with E-state index in [2.05, 4.69) is 10.1 Å². The van der Waals surface area contributed by atoms with Gasteiger partial charge in [-0.3, -0.25) is 9.78 Å². The fourth-order valence-corrected chi connectivity index (χ4v) is 3.28. The summed E-state index contributed by atoms with van der Waals surface area (Å²) in [7, 11) is 0. The number of carbonyl (C=O) groups excluding carboxylic acids is 1. The number of pyridine rings is 1. The van der Waals surface area contributed by atoms with Gasteiger partial charge in [-0.15, -0.1) is 0 Å². The number of hydrogen-bond donors (Lipinski definition) is 0. The molecule has 28 heavy (non-hydrogen) atoms. The molecule has 3 heterocycles. The van der Waals surface area contributed by atoms with Crippen LogP contribution in [0.2, 0.25) is 5.02 Å². The zero-order valence-corrected chi connectivity index (χ0v) is 15.7. The molecule has 0 saturated heterocycles. The van der Waals surface area contributed by atoms with Gasteiger partial charge in [-0.2, -0.15) is 0 Å². The van der Waals surface area contributed by atoms with E-state index in [-0.39, 0.29) is 17.8 Å². The van der Waals surface area contributed by atoms with Crippen LogP contribution < -0.4 is 0 Å². The Balaban J connectivity index is 1.50. The van der Waals surface area contributed by atoms with E-state index in [1.54, 1.807) is 29.4 Å². The first-order valence-corrected chi connectivity index (χ1v) is 9.28. The van der Waals surface area contributed by atoms with Crippen LogP contribution in [-0.2, 0) is 11.4 Å². The maximum absolute atomic E-state index is 12.9. The van der Waals surface area contributed by atoms with E-state index >= 15 is 0 Å². The number of rotatable bonds is 6. The summed E-state index contributed by atoms with van der Waals surface area (Å²) in [4.78, 5) is 24.3. The molecule has 1 unspecified atom stereocenters. The minimum atomic E-state index is -0.253. The SMILES string of the molecule is O=C(c1ccco1)N(Cc1ccccc1Cl)CC1CC(c2cccnc2)=NO1. The Bertz CT molecular complexity index is 974. The molecule has 4 rings (SSSR count). The lowest BCUT2D eigenvalue weighted by Crippen LogP contribution is -2.37. The highest BCUT2D eigenvalue weighted by Gasteiger charge is 2.28. The maximum atomic E-state index is 12.9. The molecule has 7 heteroatoms. The van der Waals surface area contributed by atoms with Crippen molar-refractivity contribution in [2.24, 2.45) is 5.16 Å². The smallest absolute Gasteiger partial charge is 0.289 e. The first kappa shape index (κ1) is 18.3. The first-order chi connectivity index (χ1) is 13.7. The van der Waals surface area contributed by atoms with Crippen LogP contribution in [0.4, 0.5) is 0 Å². The molecule has 0 radical (unpaired) electrons. The van der Waals surface area contributed by atoms with E-state index in [1.165, 1.54) is 6.26 Å². The molecule has 2 aromatic heterocycles. The van der Waals surface area contributed by atoms with E-state index in [0.717, 1.165) is 16.8 Å². The summed E-state index contributed by atoms with van der Waals surface area (Å²) in [6, 6.07) is 14.6. The molecule has 0 N–H and O–H groups in total. The fraction of sp³-hybridized carbons (Fsp3) is 0.190. The Kier molecular flexibility index (Phi) is 5.39. The van der Waals surface area contributed by atoms with Crippen LogP contribution >= 0.6 is 11.6 Å². The number of oxime groups is 1. The predicted molar refractivity (Wildman–Crippen MR) is 105 cm³/mol. The summed E-state index contributed by atoms with van der Waals surface area (Å²) >= 11 is 6.30. The molecule has 0 bridgehead atoms. The molecule has 142 valence electrons. The van der Waals surface area contributed by atoms with Crippen molar-refractivity contribution in [3.63, 3.8) is 0 Å². The van der Waals surface area contributed by atoms with E-state index in [0.29, 0.717) is 24.5 Å². The quantitative estimate of drug-likeness (QED) is 0.628. The average molecular weight is 396 g/mol. The van der Waals surface area contributed by atoms with Crippen LogP contribution in [0.3, 0.4) is 0 Å². The molecule has 0 fully saturated rings. The van der Waals surface area contributed by atoms with Gasteiger partial charge in [0.15, 0.2) is 11.9 Å². The normalized spacial score (nSPS) is 15.8. The van der Waals surface area contributed by atoms with E-state index in [4.69, 9.17) is 20.9 Å². The van der Waals surface area contributed by atoms with Crippen molar-refractivity contribution >= 4 is 23.2 Å². The van der Waals surface area contributed by atoms with Gasteiger partial charge in [-0.1, -0.05) is 35.0 Å². The number of hydrogen-bond acceptors (Lipinski definition) is 5. The summed E-state index contributed by atoms with van der Waals surface area (Å²) in [6.07, 6.45) is 5.29. The van der Waals surface area contributed by atoms with Gasteiger partial charge in [0.25, 0.3) is 5.91 Å². The van der Waals surface area contributed by atoms with Gasteiger partial charge in [-0.25, -0.2) is 0 Å². The predicted octanol–water partition coefficient (Wildman–Crippen LogP) is 4.16. The van der Waals surface area contributed by atoms with E-state index < -0.39 is 0 Å². The van der Waals surface area contributed by atoms with E-state index in [1.807, 2.05) is 36.4 Å². The molecular weight excluding hydrogens is 378 g/mol. The molecule has 0 aliphatic carbocycles. The third kappa shape index (κ3) is 4.07. The minimum absolute atomic E-state index is 0.219. The van der Waals surface area contributed by atoms with Gasteiger partial charge >= 0.3 is 0 Å². The second-order valence-electron chi connectivity index (χ2n) is 6.47. The topological polar surface area (TPSA) is 67.9 Å². The molecule has 0 spiro atoms. The van der Waals surface area contributed by atoms with Gasteiger partial charge in [0.05, 0.1) is 18.5 Å². The van der Waals surface area contributed by atoms with Gasteiger partial charge < -0.3 is 14.2 Å². The van der Waals surface area contributed by atoms with Gasteiger partial charge in [0.1, 0.15) is 0 Å². The van der Waals surface area contributed by atoms with Crippen molar-refractivity contribution in [2.45, 2.75) is 19.1 Å². The lowest BCUT2D eigenvalue weighted by atomic mass is 10.1. The molecule has 6 nitrogen and oxygen atoms in total. The second-order valence-corrected chi connectivity index (χ2v) is 6.87. The number of aromatic nitrogens is 1. The summed E-state index contributed by atoms with van der Waals surface area (Å²) < 4.78 is 5.30. The number of amides is 1. The zero-order valence-electron chi connectivity index (χ0n) is 15.0. The molecule has 1 aliphatic heterocycles. The molecule has 1 aromatic carbocycles.